The predicted octanol–water partition coefficient (Wildman–Crippen LogP) is 5.55. The van der Waals surface area contributed by atoms with Crippen LogP contribution in [0, 0.1) is 46.3 Å². The van der Waals surface area contributed by atoms with E-state index in [1.807, 2.05) is 0 Å². The molecule has 0 bridgehead atoms. The zero-order valence-corrected chi connectivity index (χ0v) is 20.2. The van der Waals surface area contributed by atoms with E-state index in [1.54, 1.807) is 0 Å². The predicted molar refractivity (Wildman–Crippen MR) is 122 cm³/mol. The molecule has 4 aliphatic rings. The van der Waals surface area contributed by atoms with Gasteiger partial charge in [0.25, 0.3) is 0 Å². The van der Waals surface area contributed by atoms with Crippen LogP contribution >= 0.6 is 0 Å². The van der Waals surface area contributed by atoms with Crippen LogP contribution in [0.25, 0.3) is 0 Å². The summed E-state index contributed by atoms with van der Waals surface area (Å²) >= 11 is 0. The Morgan fingerprint density at radius 2 is 1.63 bits per heavy atom. The van der Waals surface area contributed by atoms with Crippen molar-refractivity contribution >= 4 is 0 Å². The Balaban J connectivity index is 1.53. The third kappa shape index (κ3) is 3.41. The van der Waals surface area contributed by atoms with Gasteiger partial charge in [0.2, 0.25) is 0 Å². The van der Waals surface area contributed by atoms with Crippen LogP contribution in [0.15, 0.2) is 0 Å². The summed E-state index contributed by atoms with van der Waals surface area (Å²) in [5, 5.41) is 33.0. The minimum absolute atomic E-state index is 0.253. The van der Waals surface area contributed by atoms with E-state index in [9.17, 15) is 15.3 Å². The molecule has 0 aromatic carbocycles. The van der Waals surface area contributed by atoms with E-state index in [0.29, 0.717) is 29.6 Å². The quantitative estimate of drug-likeness (QED) is 0.546. The molecular weight excluding hydrogens is 372 g/mol. The zero-order valence-electron chi connectivity index (χ0n) is 20.2. The molecule has 174 valence electrons. The minimum atomic E-state index is -1.11. The van der Waals surface area contributed by atoms with Crippen molar-refractivity contribution in [2.75, 3.05) is 0 Å². The lowest BCUT2D eigenvalue weighted by Gasteiger charge is -2.65. The molecule has 4 saturated carbocycles. The van der Waals surface area contributed by atoms with Gasteiger partial charge in [0.15, 0.2) is 0 Å². The molecule has 0 aromatic heterocycles. The van der Waals surface area contributed by atoms with Crippen LogP contribution in [-0.4, -0.2) is 33.1 Å². The first-order valence-electron chi connectivity index (χ1n) is 13.1. The molecule has 0 spiro atoms. The van der Waals surface area contributed by atoms with Crippen LogP contribution in [-0.2, 0) is 0 Å². The fraction of sp³-hybridized carbons (Fsp3) is 1.00. The van der Waals surface area contributed by atoms with Crippen molar-refractivity contribution in [2.45, 2.75) is 123 Å². The maximum Gasteiger partial charge on any atom is 0.0985 e. The van der Waals surface area contributed by atoms with E-state index in [4.69, 9.17) is 0 Å². The molecule has 0 amide bonds. The fourth-order valence-electron chi connectivity index (χ4n) is 9.29. The highest BCUT2D eigenvalue weighted by Crippen LogP contribution is 2.69. The van der Waals surface area contributed by atoms with Crippen LogP contribution in [0.1, 0.15) is 105 Å². The molecule has 0 saturated heterocycles. The number of fused-ring (bicyclic) bond motifs is 5. The molecule has 0 heterocycles. The Bertz CT molecular complexity index is 619. The van der Waals surface area contributed by atoms with Crippen molar-refractivity contribution in [2.24, 2.45) is 46.3 Å². The Morgan fingerprint density at radius 1 is 0.900 bits per heavy atom. The summed E-state index contributed by atoms with van der Waals surface area (Å²) in [6.45, 7) is 12.0. The van der Waals surface area contributed by atoms with Crippen molar-refractivity contribution in [3.05, 3.63) is 0 Å². The summed E-state index contributed by atoms with van der Waals surface area (Å²) in [5.41, 5.74) is -0.962. The summed E-state index contributed by atoms with van der Waals surface area (Å²) in [6.07, 6.45) is 10.7. The van der Waals surface area contributed by atoms with E-state index in [0.717, 1.165) is 37.0 Å². The van der Waals surface area contributed by atoms with Gasteiger partial charge in [-0.15, -0.1) is 0 Å². The molecule has 10 atom stereocenters. The van der Waals surface area contributed by atoms with Gasteiger partial charge in [0.1, 0.15) is 0 Å². The lowest BCUT2D eigenvalue weighted by Crippen LogP contribution is -2.68. The van der Waals surface area contributed by atoms with Crippen molar-refractivity contribution in [1.29, 1.82) is 0 Å². The van der Waals surface area contributed by atoms with Crippen LogP contribution in [0.2, 0.25) is 0 Å². The molecule has 0 unspecified atom stereocenters. The number of hydrogen-bond acceptors (Lipinski definition) is 3. The maximum absolute atomic E-state index is 11.6. The third-order valence-corrected chi connectivity index (χ3v) is 11.0. The van der Waals surface area contributed by atoms with Gasteiger partial charge in [-0.05, 0) is 85.9 Å². The normalized spacial score (nSPS) is 51.9. The zero-order chi connectivity index (χ0) is 21.9. The Kier molecular flexibility index (Phi) is 6.17. The molecule has 3 heteroatoms. The lowest BCUT2D eigenvalue weighted by molar-refractivity contribution is -0.264. The number of rotatable bonds is 5. The highest BCUT2D eigenvalue weighted by molar-refractivity contribution is 5.17. The summed E-state index contributed by atoms with van der Waals surface area (Å²) in [6, 6.07) is 0. The van der Waals surface area contributed by atoms with Crippen molar-refractivity contribution in [3.63, 3.8) is 0 Å². The van der Waals surface area contributed by atoms with Crippen LogP contribution in [0.4, 0.5) is 0 Å². The van der Waals surface area contributed by atoms with Gasteiger partial charge in [-0.2, -0.15) is 0 Å². The summed E-state index contributed by atoms with van der Waals surface area (Å²) in [4.78, 5) is 0. The summed E-state index contributed by atoms with van der Waals surface area (Å²) in [5.74, 6) is 4.13. The van der Waals surface area contributed by atoms with E-state index >= 15 is 0 Å². The first-order valence-corrected chi connectivity index (χ1v) is 13.1. The van der Waals surface area contributed by atoms with E-state index in [-0.39, 0.29) is 5.41 Å². The molecule has 4 rings (SSSR count). The summed E-state index contributed by atoms with van der Waals surface area (Å²) < 4.78 is 0. The van der Waals surface area contributed by atoms with Gasteiger partial charge in [0, 0.05) is 11.8 Å². The highest BCUT2D eigenvalue weighted by atomic mass is 16.3. The van der Waals surface area contributed by atoms with Crippen molar-refractivity contribution in [1.82, 2.24) is 0 Å². The minimum Gasteiger partial charge on any atom is -0.393 e. The van der Waals surface area contributed by atoms with Crippen LogP contribution in [0.5, 0.6) is 0 Å². The van der Waals surface area contributed by atoms with E-state index in [2.05, 4.69) is 34.6 Å². The highest BCUT2D eigenvalue weighted by Gasteiger charge is 2.67. The van der Waals surface area contributed by atoms with Gasteiger partial charge < -0.3 is 15.3 Å². The first kappa shape index (κ1) is 23.1. The second-order valence-corrected chi connectivity index (χ2v) is 12.9. The van der Waals surface area contributed by atoms with Gasteiger partial charge in [-0.1, -0.05) is 53.9 Å². The molecular formula is C27H48O3. The molecule has 30 heavy (non-hydrogen) atoms. The second-order valence-electron chi connectivity index (χ2n) is 12.9. The average molecular weight is 421 g/mol. The van der Waals surface area contributed by atoms with Gasteiger partial charge in [-0.3, -0.25) is 0 Å². The monoisotopic (exact) mass is 420 g/mol. The molecule has 3 nitrogen and oxygen atoms in total. The lowest BCUT2D eigenvalue weighted by atomic mass is 9.42. The molecule has 0 radical (unpaired) electrons. The first-order chi connectivity index (χ1) is 14.0. The number of aliphatic hydroxyl groups excluding tert-OH is 2. The molecule has 4 aliphatic carbocycles. The second kappa shape index (κ2) is 8.03. The Morgan fingerprint density at radius 3 is 2.33 bits per heavy atom. The van der Waals surface area contributed by atoms with Crippen molar-refractivity contribution in [3.8, 4) is 0 Å². The molecule has 0 aliphatic heterocycles. The SMILES string of the molecule is CC(C)CCC[C@H](C)[C@H]1CC[C@H]2[C@H]3C[C@H](O)[C@@]4(O)C[C@@H](O)CC[C@]4(C)[C@@H]3CC[C@]12C. The standard InChI is InChI=1S/C27H48O3/c1-17(2)7-6-8-18(3)21-9-10-22-20-15-24(29)27(30)16-19(28)11-14-26(27,5)23(20)12-13-25(21,22)4/h17-24,28-30H,6-16H2,1-5H3/t18-,19-,20+,21+,22-,23+,24-,25+,26+,27-/m0/s1. The number of aliphatic hydroxyl groups is 3. The van der Waals surface area contributed by atoms with E-state index in [1.165, 1.54) is 44.9 Å². The van der Waals surface area contributed by atoms with Gasteiger partial charge in [0.05, 0.1) is 17.8 Å². The maximum atomic E-state index is 11.6. The average Bonchev–Trinajstić information content (AvgIpc) is 3.01. The van der Waals surface area contributed by atoms with E-state index < -0.39 is 17.8 Å². The van der Waals surface area contributed by atoms with Gasteiger partial charge in [-0.25, -0.2) is 0 Å². The Labute approximate surface area is 185 Å². The third-order valence-electron chi connectivity index (χ3n) is 11.0. The summed E-state index contributed by atoms with van der Waals surface area (Å²) in [7, 11) is 0. The molecule has 4 fully saturated rings. The smallest absolute Gasteiger partial charge is 0.0985 e. The topological polar surface area (TPSA) is 60.7 Å². The van der Waals surface area contributed by atoms with Crippen molar-refractivity contribution < 1.29 is 15.3 Å². The Hall–Kier alpha value is -0.120. The largest absolute Gasteiger partial charge is 0.393 e. The van der Waals surface area contributed by atoms with Crippen LogP contribution < -0.4 is 0 Å². The number of hydrogen-bond donors (Lipinski definition) is 3. The van der Waals surface area contributed by atoms with Crippen LogP contribution in [0.3, 0.4) is 0 Å². The molecule has 0 aromatic rings. The van der Waals surface area contributed by atoms with Gasteiger partial charge >= 0.3 is 0 Å². The molecule has 3 N–H and O–H groups in total. The fourth-order valence-corrected chi connectivity index (χ4v) is 9.29.